The number of nitrogens with zero attached hydrogens (tertiary/aromatic N) is 3. The van der Waals surface area contributed by atoms with Crippen molar-refractivity contribution in [3.63, 3.8) is 0 Å². The van der Waals surface area contributed by atoms with Crippen molar-refractivity contribution in [3.8, 4) is 5.75 Å². The van der Waals surface area contributed by atoms with Crippen LogP contribution in [0.4, 0.5) is 0 Å². The van der Waals surface area contributed by atoms with Gasteiger partial charge in [-0.1, -0.05) is 17.7 Å². The number of carbonyl (C=O) groups is 2. The molecule has 0 bridgehead atoms. The summed E-state index contributed by atoms with van der Waals surface area (Å²) in [6, 6.07) is 7.08. The van der Waals surface area contributed by atoms with Crippen LogP contribution in [-0.4, -0.2) is 84.8 Å². The molecule has 0 unspecified atom stereocenters. The van der Waals surface area contributed by atoms with Gasteiger partial charge < -0.3 is 24.0 Å². The molecular formula is C22H26ClN3O5S. The van der Waals surface area contributed by atoms with Crippen molar-refractivity contribution in [1.29, 1.82) is 0 Å². The third-order valence-electron chi connectivity index (χ3n) is 5.61. The summed E-state index contributed by atoms with van der Waals surface area (Å²) in [5.41, 5.74) is 1.40. The van der Waals surface area contributed by atoms with Gasteiger partial charge in [-0.25, -0.2) is 4.98 Å². The lowest BCUT2D eigenvalue weighted by molar-refractivity contribution is -0.155. The van der Waals surface area contributed by atoms with Gasteiger partial charge in [0, 0.05) is 24.7 Å². The van der Waals surface area contributed by atoms with E-state index in [0.29, 0.717) is 60.8 Å². The maximum Gasteiger partial charge on any atom is 0.266 e. The molecule has 0 saturated carbocycles. The van der Waals surface area contributed by atoms with Crippen LogP contribution < -0.4 is 4.74 Å². The minimum Gasteiger partial charge on any atom is -0.490 e. The van der Waals surface area contributed by atoms with Gasteiger partial charge in [0.2, 0.25) is 5.91 Å². The van der Waals surface area contributed by atoms with Crippen LogP contribution >= 0.6 is 22.9 Å². The predicted molar refractivity (Wildman–Crippen MR) is 120 cm³/mol. The monoisotopic (exact) mass is 479 g/mol. The molecule has 2 aliphatic rings. The van der Waals surface area contributed by atoms with Crippen molar-refractivity contribution in [3.05, 3.63) is 45.4 Å². The number of carbonyl (C=O) groups excluding carboxylic acids is 2. The molecule has 0 N–H and O–H groups in total. The highest BCUT2D eigenvalue weighted by Gasteiger charge is 2.43. The fourth-order valence-corrected chi connectivity index (χ4v) is 4.84. The van der Waals surface area contributed by atoms with Crippen LogP contribution in [0.3, 0.4) is 0 Å². The van der Waals surface area contributed by atoms with Crippen molar-refractivity contribution in [2.24, 2.45) is 0 Å². The van der Waals surface area contributed by atoms with Crippen molar-refractivity contribution in [1.82, 2.24) is 14.8 Å². The average molecular weight is 480 g/mol. The largest absolute Gasteiger partial charge is 0.490 e. The summed E-state index contributed by atoms with van der Waals surface area (Å²) >= 11 is 7.40. The second-order valence-electron chi connectivity index (χ2n) is 7.94. The van der Waals surface area contributed by atoms with E-state index in [4.69, 9.17) is 25.8 Å². The molecule has 1 atom stereocenters. The lowest BCUT2D eigenvalue weighted by atomic mass is 9.96. The Hall–Kier alpha value is -2.20. The molecule has 8 nitrogen and oxygen atoms in total. The van der Waals surface area contributed by atoms with Gasteiger partial charge in [0.05, 0.1) is 44.0 Å². The van der Waals surface area contributed by atoms with Gasteiger partial charge in [-0.2, -0.15) is 0 Å². The molecule has 2 aromatic rings. The number of ether oxygens (including phenoxy) is 3. The number of aromatic nitrogens is 1. The normalized spacial score (nSPS) is 21.4. The minimum atomic E-state index is -0.968. The zero-order valence-electron chi connectivity index (χ0n) is 17.9. The van der Waals surface area contributed by atoms with Gasteiger partial charge >= 0.3 is 0 Å². The number of hydrogen-bond acceptors (Lipinski definition) is 7. The lowest BCUT2D eigenvalue weighted by Gasteiger charge is -2.43. The molecule has 0 radical (unpaired) electrons. The van der Waals surface area contributed by atoms with Gasteiger partial charge in [0.15, 0.2) is 0 Å². The van der Waals surface area contributed by atoms with Gasteiger partial charge in [-0.15, -0.1) is 11.3 Å². The van der Waals surface area contributed by atoms with Crippen molar-refractivity contribution in [2.45, 2.75) is 18.9 Å². The first-order valence-electron chi connectivity index (χ1n) is 10.5. The number of amides is 2. The Morgan fingerprint density at radius 1 is 1.22 bits per heavy atom. The molecule has 1 aromatic carbocycles. The highest BCUT2D eigenvalue weighted by Crippen LogP contribution is 2.28. The smallest absolute Gasteiger partial charge is 0.266 e. The number of benzene rings is 1. The second-order valence-corrected chi connectivity index (χ2v) is 9.23. The van der Waals surface area contributed by atoms with Crippen LogP contribution in [-0.2, 0) is 14.3 Å². The lowest BCUT2D eigenvalue weighted by Crippen LogP contribution is -2.58. The molecule has 2 fully saturated rings. The van der Waals surface area contributed by atoms with E-state index in [1.807, 2.05) is 6.92 Å². The number of aryl methyl sites for hydroxylation is 1. The average Bonchev–Trinajstić information content (AvgIpc) is 3.24. The first-order chi connectivity index (χ1) is 15.5. The van der Waals surface area contributed by atoms with Crippen LogP contribution in [0.2, 0.25) is 5.02 Å². The number of thiazole rings is 1. The third kappa shape index (κ3) is 5.40. The molecule has 0 spiro atoms. The molecule has 2 saturated heterocycles. The van der Waals surface area contributed by atoms with E-state index >= 15 is 0 Å². The quantitative estimate of drug-likeness (QED) is 0.633. The maximum absolute atomic E-state index is 13.1. The van der Waals surface area contributed by atoms with E-state index in [1.165, 1.54) is 11.3 Å². The molecule has 172 valence electrons. The Morgan fingerprint density at radius 3 is 2.72 bits per heavy atom. The second kappa shape index (κ2) is 10.2. The fourth-order valence-electron chi connectivity index (χ4n) is 3.89. The molecule has 3 heterocycles. The van der Waals surface area contributed by atoms with E-state index in [2.05, 4.69) is 4.98 Å². The van der Waals surface area contributed by atoms with Crippen LogP contribution in [0.5, 0.6) is 5.75 Å². The van der Waals surface area contributed by atoms with E-state index in [0.717, 1.165) is 0 Å². The Morgan fingerprint density at radius 2 is 2.00 bits per heavy atom. The van der Waals surface area contributed by atoms with Gasteiger partial charge in [0.1, 0.15) is 22.8 Å². The SMILES string of the molecule is Cc1ncsc1C(=O)N1CCO[C@](COc2cccc(Cl)c2)(CC(=O)N2CCOCC2)C1. The van der Waals surface area contributed by atoms with Crippen molar-refractivity contribution >= 4 is 34.8 Å². The summed E-state index contributed by atoms with van der Waals surface area (Å²) in [4.78, 5) is 34.6. The Labute approximate surface area is 196 Å². The predicted octanol–water partition coefficient (Wildman–Crippen LogP) is 2.64. The highest BCUT2D eigenvalue weighted by atomic mass is 35.5. The Bertz CT molecular complexity index is 965. The van der Waals surface area contributed by atoms with Crippen LogP contribution in [0.25, 0.3) is 0 Å². The summed E-state index contributed by atoms with van der Waals surface area (Å²) in [6.07, 6.45) is 0.110. The van der Waals surface area contributed by atoms with E-state index in [-0.39, 0.29) is 31.4 Å². The fraction of sp³-hybridized carbons (Fsp3) is 0.500. The van der Waals surface area contributed by atoms with Crippen LogP contribution in [0, 0.1) is 6.92 Å². The van der Waals surface area contributed by atoms with E-state index in [1.54, 1.807) is 39.6 Å². The molecule has 10 heteroatoms. The van der Waals surface area contributed by atoms with Gasteiger partial charge in [-0.3, -0.25) is 9.59 Å². The number of hydrogen-bond donors (Lipinski definition) is 0. The third-order valence-corrected chi connectivity index (χ3v) is 6.76. The number of rotatable bonds is 6. The zero-order chi connectivity index (χ0) is 22.6. The van der Waals surface area contributed by atoms with Gasteiger partial charge in [0.25, 0.3) is 5.91 Å². The van der Waals surface area contributed by atoms with Crippen molar-refractivity contribution < 1.29 is 23.8 Å². The van der Waals surface area contributed by atoms with Crippen molar-refractivity contribution in [2.75, 3.05) is 52.6 Å². The molecule has 0 aliphatic carbocycles. The molecule has 32 heavy (non-hydrogen) atoms. The minimum absolute atomic E-state index is 0.0359. The van der Waals surface area contributed by atoms with Crippen LogP contribution in [0.15, 0.2) is 29.8 Å². The molecule has 4 rings (SSSR count). The summed E-state index contributed by atoms with van der Waals surface area (Å²) in [5.74, 6) is 0.451. The standard InChI is InChI=1S/C22H26ClN3O5S/c1-16-20(32-15-24-16)21(28)26-7-10-31-22(13-26,12-19(27)25-5-8-29-9-6-25)14-30-18-4-2-3-17(23)11-18/h2-4,11,15H,5-10,12-14H2,1H3/t22-/m1/s1. The first-order valence-corrected chi connectivity index (χ1v) is 11.8. The molecular weight excluding hydrogens is 454 g/mol. The zero-order valence-corrected chi connectivity index (χ0v) is 19.5. The maximum atomic E-state index is 13.1. The topological polar surface area (TPSA) is 81.2 Å². The number of morpholine rings is 2. The summed E-state index contributed by atoms with van der Waals surface area (Å²) in [6.45, 7) is 5.09. The summed E-state index contributed by atoms with van der Waals surface area (Å²) in [7, 11) is 0. The Balaban J connectivity index is 1.53. The molecule has 2 amide bonds. The highest BCUT2D eigenvalue weighted by molar-refractivity contribution is 7.11. The molecule has 2 aliphatic heterocycles. The molecule has 1 aromatic heterocycles. The number of halogens is 1. The van der Waals surface area contributed by atoms with E-state index in [9.17, 15) is 9.59 Å². The van der Waals surface area contributed by atoms with E-state index < -0.39 is 5.60 Å². The van der Waals surface area contributed by atoms with Gasteiger partial charge in [-0.05, 0) is 25.1 Å². The summed E-state index contributed by atoms with van der Waals surface area (Å²) in [5, 5.41) is 0.558. The first kappa shape index (κ1) is 23.0. The van der Waals surface area contributed by atoms with Crippen LogP contribution in [0.1, 0.15) is 21.8 Å². The Kier molecular flexibility index (Phi) is 7.30. The summed E-state index contributed by atoms with van der Waals surface area (Å²) < 4.78 is 17.5.